The van der Waals surface area contributed by atoms with Crippen LogP contribution in [0.3, 0.4) is 0 Å². The minimum Gasteiger partial charge on any atom is -0.481 e. The predicted molar refractivity (Wildman–Crippen MR) is 73.4 cm³/mol. The molecule has 0 aliphatic heterocycles. The van der Waals surface area contributed by atoms with Gasteiger partial charge < -0.3 is 9.84 Å². The number of hydrogen-bond donors (Lipinski definition) is 1. The van der Waals surface area contributed by atoms with E-state index in [0.717, 1.165) is 24.1 Å². The van der Waals surface area contributed by atoms with Gasteiger partial charge in [-0.2, -0.15) is 5.10 Å². The number of para-hydroxylation sites is 1. The normalized spacial score (nSPS) is 17.6. The molecule has 1 aromatic heterocycles. The molecule has 0 radical (unpaired) electrons. The van der Waals surface area contributed by atoms with E-state index in [1.54, 1.807) is 11.8 Å². The molecule has 1 aromatic carbocycles. The van der Waals surface area contributed by atoms with Gasteiger partial charge in [0.15, 0.2) is 0 Å². The van der Waals surface area contributed by atoms with Gasteiger partial charge in [0.2, 0.25) is 5.88 Å². The molecule has 0 amide bonds. The molecule has 104 valence electrons. The van der Waals surface area contributed by atoms with Crippen LogP contribution >= 0.6 is 0 Å². The first-order valence-corrected chi connectivity index (χ1v) is 6.66. The van der Waals surface area contributed by atoms with Gasteiger partial charge in [0.25, 0.3) is 0 Å². The van der Waals surface area contributed by atoms with Crippen molar-refractivity contribution in [1.82, 2.24) is 9.78 Å². The van der Waals surface area contributed by atoms with Crippen LogP contribution in [0.25, 0.3) is 5.69 Å². The zero-order valence-corrected chi connectivity index (χ0v) is 11.2. The van der Waals surface area contributed by atoms with E-state index < -0.39 is 11.9 Å². The lowest BCUT2D eigenvalue weighted by molar-refractivity contribution is -0.139. The standard InChI is InChI=1S/C15H16N2O3/c1-20-14-11-8-5-9-12(15(18)19)13(11)16-17(14)10-6-3-2-4-7-10/h2-4,6-7,12H,5,8-9H2,1H3,(H,18,19). The largest absolute Gasteiger partial charge is 0.481 e. The van der Waals surface area contributed by atoms with Crippen LogP contribution in [-0.4, -0.2) is 28.0 Å². The number of carboxylic acids is 1. The third-order valence-electron chi connectivity index (χ3n) is 3.71. The lowest BCUT2D eigenvalue weighted by atomic mass is 9.88. The number of benzene rings is 1. The van der Waals surface area contributed by atoms with Gasteiger partial charge in [-0.25, -0.2) is 4.68 Å². The quantitative estimate of drug-likeness (QED) is 0.931. The molecule has 1 N–H and O–H groups in total. The second kappa shape index (κ2) is 5.00. The summed E-state index contributed by atoms with van der Waals surface area (Å²) in [5, 5.41) is 13.8. The summed E-state index contributed by atoms with van der Waals surface area (Å²) in [7, 11) is 1.60. The van der Waals surface area contributed by atoms with Crippen molar-refractivity contribution in [3.8, 4) is 11.6 Å². The van der Waals surface area contributed by atoms with Crippen LogP contribution in [0.1, 0.15) is 30.0 Å². The van der Waals surface area contributed by atoms with Gasteiger partial charge in [0.1, 0.15) is 5.92 Å². The molecule has 0 saturated carbocycles. The van der Waals surface area contributed by atoms with Crippen molar-refractivity contribution in [3.05, 3.63) is 41.6 Å². The summed E-state index contributed by atoms with van der Waals surface area (Å²) in [5.41, 5.74) is 2.45. The van der Waals surface area contributed by atoms with Crippen LogP contribution in [0.5, 0.6) is 5.88 Å². The maximum absolute atomic E-state index is 11.4. The highest BCUT2D eigenvalue weighted by atomic mass is 16.5. The number of ether oxygens (including phenoxy) is 1. The number of fused-ring (bicyclic) bond motifs is 1. The summed E-state index contributed by atoms with van der Waals surface area (Å²) in [6.45, 7) is 0. The third kappa shape index (κ3) is 1.95. The van der Waals surface area contributed by atoms with Gasteiger partial charge >= 0.3 is 5.97 Å². The smallest absolute Gasteiger partial charge is 0.312 e. The Labute approximate surface area is 116 Å². The molecule has 0 fully saturated rings. The second-order valence-corrected chi connectivity index (χ2v) is 4.90. The molecule has 1 heterocycles. The molecule has 0 spiro atoms. The molecule has 1 aliphatic carbocycles. The third-order valence-corrected chi connectivity index (χ3v) is 3.71. The van der Waals surface area contributed by atoms with E-state index in [0.29, 0.717) is 18.0 Å². The maximum atomic E-state index is 11.4. The number of carbonyl (C=O) groups is 1. The summed E-state index contributed by atoms with van der Waals surface area (Å²) in [6.07, 6.45) is 2.30. The fraction of sp³-hybridized carbons (Fsp3) is 0.333. The predicted octanol–water partition coefficient (Wildman–Crippen LogP) is 2.39. The zero-order chi connectivity index (χ0) is 14.1. The molecular formula is C15H16N2O3. The average molecular weight is 272 g/mol. The fourth-order valence-electron chi connectivity index (χ4n) is 2.78. The highest BCUT2D eigenvalue weighted by Crippen LogP contribution is 2.37. The summed E-state index contributed by atoms with van der Waals surface area (Å²) in [5.74, 6) is -0.693. The Bertz CT molecular complexity index is 634. The Hall–Kier alpha value is -2.30. The van der Waals surface area contributed by atoms with E-state index >= 15 is 0 Å². The molecular weight excluding hydrogens is 256 g/mol. The summed E-state index contributed by atoms with van der Waals surface area (Å²) in [4.78, 5) is 11.4. The highest BCUT2D eigenvalue weighted by Gasteiger charge is 2.33. The Kier molecular flexibility index (Phi) is 3.18. The number of aromatic nitrogens is 2. The topological polar surface area (TPSA) is 64.4 Å². The Morgan fingerprint density at radius 2 is 2.15 bits per heavy atom. The molecule has 1 aliphatic rings. The molecule has 0 saturated heterocycles. The minimum atomic E-state index is -0.814. The molecule has 1 unspecified atom stereocenters. The fourth-order valence-corrected chi connectivity index (χ4v) is 2.78. The van der Waals surface area contributed by atoms with E-state index in [1.807, 2.05) is 30.3 Å². The Balaban J connectivity index is 2.16. The zero-order valence-electron chi connectivity index (χ0n) is 11.2. The van der Waals surface area contributed by atoms with Crippen LogP contribution in [0.15, 0.2) is 30.3 Å². The summed E-state index contributed by atoms with van der Waals surface area (Å²) in [6, 6.07) is 9.63. The van der Waals surface area contributed by atoms with Crippen molar-refractivity contribution in [2.45, 2.75) is 25.2 Å². The number of rotatable bonds is 3. The summed E-state index contributed by atoms with van der Waals surface area (Å²) >= 11 is 0. The monoisotopic (exact) mass is 272 g/mol. The first kappa shape index (κ1) is 12.7. The average Bonchev–Trinajstić information content (AvgIpc) is 2.86. The number of methoxy groups -OCH3 is 1. The van der Waals surface area contributed by atoms with Crippen molar-refractivity contribution in [3.63, 3.8) is 0 Å². The second-order valence-electron chi connectivity index (χ2n) is 4.90. The van der Waals surface area contributed by atoms with Gasteiger partial charge in [-0.05, 0) is 31.4 Å². The van der Waals surface area contributed by atoms with Crippen LogP contribution in [0.4, 0.5) is 0 Å². The van der Waals surface area contributed by atoms with Gasteiger partial charge in [-0.1, -0.05) is 18.2 Å². The first-order valence-electron chi connectivity index (χ1n) is 6.66. The summed E-state index contributed by atoms with van der Waals surface area (Å²) < 4.78 is 7.17. The van der Waals surface area contributed by atoms with Crippen molar-refractivity contribution in [2.24, 2.45) is 0 Å². The highest BCUT2D eigenvalue weighted by molar-refractivity contribution is 5.76. The molecule has 5 nitrogen and oxygen atoms in total. The molecule has 1 atom stereocenters. The van der Waals surface area contributed by atoms with Crippen LogP contribution in [-0.2, 0) is 11.2 Å². The lowest BCUT2D eigenvalue weighted by Crippen LogP contribution is -2.17. The van der Waals surface area contributed by atoms with Gasteiger partial charge in [0.05, 0.1) is 18.5 Å². The van der Waals surface area contributed by atoms with E-state index in [1.165, 1.54) is 0 Å². The number of carboxylic acid groups (broad SMARTS) is 1. The lowest BCUT2D eigenvalue weighted by Gasteiger charge is -2.17. The number of aliphatic carboxylic acids is 1. The molecule has 2 aromatic rings. The van der Waals surface area contributed by atoms with Crippen molar-refractivity contribution >= 4 is 5.97 Å². The maximum Gasteiger partial charge on any atom is 0.312 e. The Morgan fingerprint density at radius 1 is 1.40 bits per heavy atom. The SMILES string of the molecule is COc1c2c(nn1-c1ccccc1)C(C(=O)O)CCC2. The van der Waals surface area contributed by atoms with Crippen molar-refractivity contribution in [2.75, 3.05) is 7.11 Å². The van der Waals surface area contributed by atoms with Crippen LogP contribution < -0.4 is 4.74 Å². The van der Waals surface area contributed by atoms with Gasteiger partial charge in [-0.15, -0.1) is 0 Å². The van der Waals surface area contributed by atoms with Crippen molar-refractivity contribution < 1.29 is 14.6 Å². The van der Waals surface area contributed by atoms with E-state index in [4.69, 9.17) is 4.74 Å². The molecule has 0 bridgehead atoms. The first-order chi connectivity index (χ1) is 9.72. The van der Waals surface area contributed by atoms with E-state index in [-0.39, 0.29) is 0 Å². The van der Waals surface area contributed by atoms with Crippen LogP contribution in [0, 0.1) is 0 Å². The molecule has 3 rings (SSSR count). The number of hydrogen-bond acceptors (Lipinski definition) is 3. The molecule has 5 heteroatoms. The van der Waals surface area contributed by atoms with E-state index in [9.17, 15) is 9.90 Å². The number of nitrogens with zero attached hydrogens (tertiary/aromatic N) is 2. The van der Waals surface area contributed by atoms with Gasteiger partial charge in [-0.3, -0.25) is 4.79 Å². The van der Waals surface area contributed by atoms with Crippen molar-refractivity contribution in [1.29, 1.82) is 0 Å². The molecule has 20 heavy (non-hydrogen) atoms. The van der Waals surface area contributed by atoms with Gasteiger partial charge in [0, 0.05) is 5.56 Å². The van der Waals surface area contributed by atoms with Crippen LogP contribution in [0.2, 0.25) is 0 Å². The van der Waals surface area contributed by atoms with E-state index in [2.05, 4.69) is 5.10 Å². The Morgan fingerprint density at radius 3 is 2.80 bits per heavy atom. The minimum absolute atomic E-state index is 0.530.